The Morgan fingerprint density at radius 1 is 0.884 bits per heavy atom. The third-order valence-electron chi connectivity index (χ3n) is 7.67. The second kappa shape index (κ2) is 15.1. The van der Waals surface area contributed by atoms with Crippen molar-refractivity contribution in [2.45, 2.75) is 50.8 Å². The molecule has 3 aromatic carbocycles. The van der Waals surface area contributed by atoms with Gasteiger partial charge in [-0.2, -0.15) is 0 Å². The molecular formula is C33H40N4O6. The van der Waals surface area contributed by atoms with Crippen LogP contribution in [0.4, 0.5) is 17.1 Å². The molecule has 0 aromatic heterocycles. The number of aliphatic hydroxyl groups excluding tert-OH is 1. The monoisotopic (exact) mass is 588 g/mol. The molecule has 228 valence electrons. The van der Waals surface area contributed by atoms with Gasteiger partial charge in [-0.15, -0.1) is 0 Å². The number of aliphatic hydroxyl groups is 1. The van der Waals surface area contributed by atoms with E-state index in [9.17, 15) is 14.7 Å². The fourth-order valence-electron chi connectivity index (χ4n) is 5.32. The van der Waals surface area contributed by atoms with Gasteiger partial charge in [0.2, 0.25) is 11.8 Å². The number of para-hydroxylation sites is 2. The summed E-state index contributed by atoms with van der Waals surface area (Å²) in [5, 5.41) is 15.2. The Labute approximate surface area is 252 Å². The lowest BCUT2D eigenvalue weighted by Gasteiger charge is -2.39. The Morgan fingerprint density at radius 3 is 2.37 bits per heavy atom. The highest BCUT2D eigenvalue weighted by atomic mass is 16.7. The van der Waals surface area contributed by atoms with Crippen LogP contribution >= 0.6 is 0 Å². The molecule has 2 saturated heterocycles. The van der Waals surface area contributed by atoms with Crippen LogP contribution in [0.25, 0.3) is 0 Å². The van der Waals surface area contributed by atoms with Crippen LogP contribution in [0.1, 0.15) is 54.8 Å². The summed E-state index contributed by atoms with van der Waals surface area (Å²) in [6.45, 7) is 3.93. The van der Waals surface area contributed by atoms with E-state index in [-0.39, 0.29) is 43.5 Å². The third kappa shape index (κ3) is 8.85. The van der Waals surface area contributed by atoms with Crippen molar-refractivity contribution in [3.63, 3.8) is 0 Å². The SMILES string of the molecule is Nc1ccccc1NC(=O)CCCC(=O)Nc1cccc([C@H]2O[C@@H](CN3CCOCC3)C[C@@H](c3ccc(CO)cc3)O2)c1. The number of rotatable bonds is 11. The number of carbonyl (C=O) groups excluding carboxylic acids is 2. The lowest BCUT2D eigenvalue weighted by Crippen LogP contribution is -2.44. The van der Waals surface area contributed by atoms with Gasteiger partial charge in [-0.25, -0.2) is 0 Å². The topological polar surface area (TPSA) is 135 Å². The van der Waals surface area contributed by atoms with E-state index in [4.69, 9.17) is 19.9 Å². The van der Waals surface area contributed by atoms with Crippen molar-refractivity contribution < 1.29 is 28.9 Å². The Kier molecular flexibility index (Phi) is 10.8. The standard InChI is InChI=1S/C33H40N4O6/c34-28-7-1-2-8-29(28)36-32(40)10-4-9-31(39)35-26-6-3-5-25(19-26)33-42-27(21-37-15-17-41-18-16-37)20-30(43-33)24-13-11-23(22-38)12-14-24/h1-3,5-8,11-14,19,27,30,33,38H,4,9-10,15-18,20-22,34H2,(H,35,39)(H,36,40)/t27-,30+,33+/m1/s1. The first-order chi connectivity index (χ1) is 21.0. The third-order valence-corrected chi connectivity index (χ3v) is 7.67. The van der Waals surface area contributed by atoms with Crippen molar-refractivity contribution >= 4 is 28.9 Å². The quantitative estimate of drug-likeness (QED) is 0.242. The maximum atomic E-state index is 12.7. The van der Waals surface area contributed by atoms with E-state index in [1.807, 2.05) is 48.5 Å². The number of nitrogens with one attached hydrogen (secondary N) is 2. The highest BCUT2D eigenvalue weighted by Crippen LogP contribution is 2.38. The fraction of sp³-hybridized carbons (Fsp3) is 0.394. The van der Waals surface area contributed by atoms with Gasteiger partial charge in [0.25, 0.3) is 0 Å². The Balaban J connectivity index is 1.19. The molecule has 0 radical (unpaired) electrons. The Hall–Kier alpha value is -3.80. The molecule has 10 nitrogen and oxygen atoms in total. The van der Waals surface area contributed by atoms with Crippen LogP contribution in [0.2, 0.25) is 0 Å². The van der Waals surface area contributed by atoms with Gasteiger partial charge in [0.1, 0.15) is 0 Å². The van der Waals surface area contributed by atoms with Gasteiger partial charge in [-0.1, -0.05) is 48.5 Å². The second-order valence-electron chi connectivity index (χ2n) is 10.9. The van der Waals surface area contributed by atoms with E-state index >= 15 is 0 Å². The minimum absolute atomic E-state index is 0.00822. The van der Waals surface area contributed by atoms with E-state index in [0.717, 1.165) is 36.3 Å². The van der Waals surface area contributed by atoms with Gasteiger partial charge in [-0.3, -0.25) is 14.5 Å². The molecule has 2 amide bonds. The zero-order chi connectivity index (χ0) is 30.0. The lowest BCUT2D eigenvalue weighted by molar-refractivity contribution is -0.253. The Morgan fingerprint density at radius 2 is 1.63 bits per heavy atom. The summed E-state index contributed by atoms with van der Waals surface area (Å²) in [6, 6.07) is 22.4. The van der Waals surface area contributed by atoms with Crippen molar-refractivity contribution in [1.82, 2.24) is 4.90 Å². The summed E-state index contributed by atoms with van der Waals surface area (Å²) in [5.74, 6) is -0.367. The highest BCUT2D eigenvalue weighted by molar-refractivity contribution is 5.94. The molecule has 2 heterocycles. The van der Waals surface area contributed by atoms with Gasteiger partial charge in [0.15, 0.2) is 6.29 Å². The average molecular weight is 589 g/mol. The molecule has 0 bridgehead atoms. The molecular weight excluding hydrogens is 548 g/mol. The molecule has 10 heteroatoms. The number of amides is 2. The first-order valence-electron chi connectivity index (χ1n) is 14.8. The lowest BCUT2D eigenvalue weighted by atomic mass is 9.99. The predicted molar refractivity (Wildman–Crippen MR) is 164 cm³/mol. The fourth-order valence-corrected chi connectivity index (χ4v) is 5.32. The van der Waals surface area contributed by atoms with Crippen LogP contribution in [0.5, 0.6) is 0 Å². The van der Waals surface area contributed by atoms with Crippen LogP contribution in [-0.2, 0) is 30.4 Å². The van der Waals surface area contributed by atoms with E-state index in [0.29, 0.717) is 43.1 Å². The number of nitrogens with zero attached hydrogens (tertiary/aromatic N) is 1. The number of hydrogen-bond donors (Lipinski definition) is 4. The Bertz CT molecular complexity index is 1360. The predicted octanol–water partition coefficient (Wildman–Crippen LogP) is 4.39. The van der Waals surface area contributed by atoms with Crippen molar-refractivity contribution in [3.05, 3.63) is 89.5 Å². The van der Waals surface area contributed by atoms with E-state index in [1.165, 1.54) is 0 Å². The molecule has 3 aromatic rings. The van der Waals surface area contributed by atoms with Gasteiger partial charge in [0.05, 0.1) is 43.4 Å². The number of nitrogens with two attached hydrogens (primary N) is 1. The minimum Gasteiger partial charge on any atom is -0.397 e. The first kappa shape index (κ1) is 30.7. The van der Waals surface area contributed by atoms with Gasteiger partial charge >= 0.3 is 0 Å². The molecule has 0 saturated carbocycles. The van der Waals surface area contributed by atoms with Gasteiger partial charge in [-0.05, 0) is 41.8 Å². The molecule has 0 aliphatic carbocycles. The zero-order valence-electron chi connectivity index (χ0n) is 24.2. The molecule has 0 spiro atoms. The normalized spacial score (nSPS) is 20.8. The van der Waals surface area contributed by atoms with Crippen molar-refractivity contribution in [3.8, 4) is 0 Å². The molecule has 0 unspecified atom stereocenters. The van der Waals surface area contributed by atoms with Gasteiger partial charge < -0.3 is 35.7 Å². The summed E-state index contributed by atoms with van der Waals surface area (Å²) in [6.07, 6.45) is 0.644. The minimum atomic E-state index is -0.617. The maximum absolute atomic E-state index is 12.7. The van der Waals surface area contributed by atoms with Crippen LogP contribution in [0.15, 0.2) is 72.8 Å². The summed E-state index contributed by atoms with van der Waals surface area (Å²) in [4.78, 5) is 27.3. The number of hydrogen-bond acceptors (Lipinski definition) is 8. The number of ether oxygens (including phenoxy) is 3. The van der Waals surface area contributed by atoms with Crippen molar-refractivity contribution in [2.24, 2.45) is 0 Å². The van der Waals surface area contributed by atoms with Crippen LogP contribution in [0, 0.1) is 0 Å². The largest absolute Gasteiger partial charge is 0.397 e. The number of carbonyl (C=O) groups is 2. The number of benzene rings is 3. The average Bonchev–Trinajstić information content (AvgIpc) is 3.03. The van der Waals surface area contributed by atoms with Crippen molar-refractivity contribution in [2.75, 3.05) is 49.2 Å². The highest BCUT2D eigenvalue weighted by Gasteiger charge is 2.33. The van der Waals surface area contributed by atoms with Gasteiger partial charge in [0, 0.05) is 50.1 Å². The summed E-state index contributed by atoms with van der Waals surface area (Å²) >= 11 is 0. The summed E-state index contributed by atoms with van der Waals surface area (Å²) in [5.41, 5.74) is 10.3. The molecule has 2 aliphatic heterocycles. The van der Waals surface area contributed by atoms with E-state index in [1.54, 1.807) is 24.3 Å². The van der Waals surface area contributed by atoms with Crippen LogP contribution in [-0.4, -0.2) is 60.8 Å². The van der Waals surface area contributed by atoms with E-state index in [2.05, 4.69) is 15.5 Å². The van der Waals surface area contributed by atoms with Crippen molar-refractivity contribution in [1.29, 1.82) is 0 Å². The molecule has 2 aliphatic rings. The maximum Gasteiger partial charge on any atom is 0.224 e. The number of nitrogen functional groups attached to an aromatic ring is 1. The molecule has 5 N–H and O–H groups in total. The molecule has 3 atom stereocenters. The summed E-state index contributed by atoms with van der Waals surface area (Å²) < 4.78 is 18.4. The van der Waals surface area contributed by atoms with Crippen LogP contribution in [0.3, 0.4) is 0 Å². The van der Waals surface area contributed by atoms with Crippen LogP contribution < -0.4 is 16.4 Å². The zero-order valence-corrected chi connectivity index (χ0v) is 24.2. The summed E-state index contributed by atoms with van der Waals surface area (Å²) in [7, 11) is 0. The molecule has 43 heavy (non-hydrogen) atoms. The molecule has 5 rings (SSSR count). The second-order valence-corrected chi connectivity index (χ2v) is 10.9. The van der Waals surface area contributed by atoms with E-state index < -0.39 is 6.29 Å². The smallest absolute Gasteiger partial charge is 0.224 e. The first-order valence-corrected chi connectivity index (χ1v) is 14.8. The molecule has 2 fully saturated rings. The number of morpholine rings is 1. The number of anilines is 3.